The van der Waals surface area contributed by atoms with E-state index in [1.54, 1.807) is 0 Å². The van der Waals surface area contributed by atoms with Crippen LogP contribution in [0.1, 0.15) is 40.8 Å². The Hall–Kier alpha value is -4.52. The number of alkyl halides is 6. The third-order valence-corrected chi connectivity index (χ3v) is 8.99. The Kier molecular flexibility index (Phi) is 23.4. The zero-order valence-corrected chi connectivity index (χ0v) is 38.6. The summed E-state index contributed by atoms with van der Waals surface area (Å²) in [5, 5.41) is 29.4. The van der Waals surface area contributed by atoms with Crippen molar-refractivity contribution < 1.29 is 84.7 Å². The van der Waals surface area contributed by atoms with Crippen LogP contribution in [0.3, 0.4) is 0 Å². The van der Waals surface area contributed by atoms with Crippen LogP contribution in [-0.2, 0) is 47.2 Å². The molecule has 3 aromatic carbocycles. The van der Waals surface area contributed by atoms with Crippen molar-refractivity contribution in [1.29, 1.82) is 0 Å². The minimum atomic E-state index is -4.56. The van der Waals surface area contributed by atoms with Crippen molar-refractivity contribution in [3.8, 4) is 17.2 Å². The van der Waals surface area contributed by atoms with Gasteiger partial charge in [-0.1, -0.05) is 34.8 Å². The third-order valence-electron chi connectivity index (χ3n) is 7.05. The summed E-state index contributed by atoms with van der Waals surface area (Å²) in [4.78, 5) is 73.3. The van der Waals surface area contributed by atoms with E-state index in [1.165, 1.54) is 12.1 Å². The Balaban J connectivity index is 0.000000507. The molecule has 0 saturated carbocycles. The van der Waals surface area contributed by atoms with Gasteiger partial charge in [-0.25, -0.2) is 23.3 Å². The number of hydrogen-bond donors (Lipinski definition) is 5. The molecule has 4 rings (SSSR count). The van der Waals surface area contributed by atoms with Crippen molar-refractivity contribution in [3.63, 3.8) is 0 Å². The highest BCUT2D eigenvalue weighted by atomic mass is 35.5. The summed E-state index contributed by atoms with van der Waals surface area (Å²) in [5.74, 6) is -6.16. The van der Waals surface area contributed by atoms with E-state index in [2.05, 4.69) is 23.9 Å². The van der Waals surface area contributed by atoms with Crippen LogP contribution >= 0.6 is 54.0 Å². The first-order valence-corrected chi connectivity index (χ1v) is 23.1. The van der Waals surface area contributed by atoms with Crippen molar-refractivity contribution in [2.24, 2.45) is 0 Å². The Morgan fingerprint density at radius 2 is 1.54 bits per heavy atom. The van der Waals surface area contributed by atoms with Crippen LogP contribution in [0, 0.1) is 12.7 Å². The van der Waals surface area contributed by atoms with E-state index in [-0.39, 0.29) is 54.5 Å². The molecule has 0 amide bonds. The van der Waals surface area contributed by atoms with E-state index >= 15 is 0 Å². The molecule has 4 aromatic rings. The van der Waals surface area contributed by atoms with Crippen LogP contribution in [0.2, 0.25) is 15.1 Å². The molecule has 0 aliphatic rings. The summed E-state index contributed by atoms with van der Waals surface area (Å²) < 4.78 is 98.4. The highest BCUT2D eigenvalue weighted by molar-refractivity contribution is 7.94. The van der Waals surface area contributed by atoms with Crippen molar-refractivity contribution >= 4 is 88.8 Å². The summed E-state index contributed by atoms with van der Waals surface area (Å²) in [6.45, 7) is -1.29. The van der Waals surface area contributed by atoms with Gasteiger partial charge in [0.2, 0.25) is 0 Å². The van der Waals surface area contributed by atoms with Gasteiger partial charge in [-0.3, -0.25) is 14.9 Å². The molecule has 0 fully saturated rings. The van der Waals surface area contributed by atoms with Crippen LogP contribution < -0.4 is 20.6 Å². The number of aliphatic carboxylic acids is 3. The molecule has 2 unspecified atom stereocenters. The number of hydrogen-bond acceptors (Lipinski definition) is 11. The molecule has 360 valence electrons. The van der Waals surface area contributed by atoms with E-state index in [1.807, 2.05) is 5.32 Å². The van der Waals surface area contributed by atoms with E-state index in [9.17, 15) is 59.8 Å². The molecule has 65 heavy (non-hydrogen) atoms. The molecule has 0 aliphatic carbocycles. The van der Waals surface area contributed by atoms with Crippen LogP contribution in [0.25, 0.3) is 5.69 Å². The van der Waals surface area contributed by atoms with Crippen molar-refractivity contribution in [1.82, 2.24) is 19.7 Å². The number of carbonyl (C=O) groups is 4. The van der Waals surface area contributed by atoms with Gasteiger partial charge in [0.05, 0.1) is 52.8 Å². The van der Waals surface area contributed by atoms with Gasteiger partial charge in [-0.15, -0.1) is 16.7 Å². The maximum absolute atomic E-state index is 14.1. The van der Waals surface area contributed by atoms with Crippen LogP contribution in [-0.4, -0.2) is 102 Å². The van der Waals surface area contributed by atoms with E-state index < -0.39 is 91.3 Å². The second-order valence-corrected chi connectivity index (χ2v) is 18.7. The molecule has 0 bridgehead atoms. The number of ether oxygens (including phenoxy) is 2. The van der Waals surface area contributed by atoms with Crippen LogP contribution in [0.5, 0.6) is 11.5 Å². The molecule has 0 spiro atoms. The molecule has 0 radical (unpaired) electrons. The topological polar surface area (TPSA) is 260 Å². The standard InChI is InChI=1S/C17H11Cl2F3O5.C13H10Cl2F3N3O3.C3H8NO5P.C3H9S/c1-8(15(23)24)26-16(25)11-7-10(3-4-12(11)18)27-14-5-2-9(6-13(14)19)17(20,21)22;1-5-19-21(13(24)20(5)12(17)18)10-3-6(2-8(15)11(22)23)7(14)4-9(10)16;5-3(6)1-4-2-10(7,8)9;1-4(2)3/h2-8H,1H3,(H,23,24);3-4,8,12H,2H2,1H3,(H,22,23);4H,1-2H2,(H,5,6)(H2,7,8,9);1-3H3/q;;;+1/p-1/t8-;;;/m0.../s1. The Morgan fingerprint density at radius 1 is 0.954 bits per heavy atom. The van der Waals surface area contributed by atoms with Gasteiger partial charge in [-0.2, -0.15) is 26.6 Å². The number of carbonyl (C=O) groups excluding carboxylic acids is 1. The smallest absolute Gasteiger partial charge is 0.416 e. The number of aromatic nitrogens is 3. The normalized spacial score (nSPS) is 12.8. The number of carboxylic acids is 3. The summed E-state index contributed by atoms with van der Waals surface area (Å²) in [6.07, 6.45) is -0.339. The molecule has 1 aromatic heterocycles. The zero-order chi connectivity index (χ0) is 50.3. The Morgan fingerprint density at radius 3 is 2.00 bits per heavy atom. The van der Waals surface area contributed by atoms with E-state index in [0.29, 0.717) is 21.6 Å². The summed E-state index contributed by atoms with van der Waals surface area (Å²) >= 11 is 23.2. The lowest BCUT2D eigenvalue weighted by Crippen LogP contribution is -2.25. The predicted octanol–water partition coefficient (Wildman–Crippen LogP) is 6.86. The van der Waals surface area contributed by atoms with E-state index in [4.69, 9.17) is 76.1 Å². The molecule has 0 saturated heterocycles. The van der Waals surface area contributed by atoms with Crippen molar-refractivity contribution in [2.75, 3.05) is 31.6 Å². The lowest BCUT2D eigenvalue weighted by Gasteiger charge is -2.14. The van der Waals surface area contributed by atoms with Gasteiger partial charge >= 0.3 is 42.3 Å². The summed E-state index contributed by atoms with van der Waals surface area (Å²) in [5.41, 5.74) is -2.66. The van der Waals surface area contributed by atoms with Gasteiger partial charge < -0.3 is 39.1 Å². The fourth-order valence-electron chi connectivity index (χ4n) is 4.23. The van der Waals surface area contributed by atoms with Crippen LogP contribution in [0.15, 0.2) is 53.3 Å². The first-order chi connectivity index (χ1) is 29.8. The summed E-state index contributed by atoms with van der Waals surface area (Å²) in [6, 6.07) is 8.22. The average Bonchev–Trinajstić information content (AvgIpc) is 3.46. The molecule has 17 nitrogen and oxygen atoms in total. The number of nitrogens with zero attached hydrogens (tertiary/aromatic N) is 3. The Bertz CT molecular complexity index is 2420. The number of aryl methyl sites for hydroxylation is 1. The van der Waals surface area contributed by atoms with Crippen molar-refractivity contribution in [3.05, 3.63) is 102 Å². The fourth-order valence-corrected chi connectivity index (χ4v) is 5.43. The first kappa shape index (κ1) is 58.5. The SMILES string of the molecule is C[C@H](OC(=O)c1cc(Oc2ccc(C(F)(F)F)cc2Cl)ccc1Cl)C(=O)O.C[S+](C)C.Cc1nn(-c2cc(CC(Cl)C(=O)O)c(Cl)cc2F)c(=O)n1C(F)F.O=C(O)CNCP(=O)([O-])O. The molecule has 0 aliphatic heterocycles. The lowest BCUT2D eigenvalue weighted by molar-refractivity contribution is -0.193. The predicted molar refractivity (Wildman–Crippen MR) is 226 cm³/mol. The van der Waals surface area contributed by atoms with Gasteiger partial charge in [0, 0.05) is 11.4 Å². The number of esters is 1. The van der Waals surface area contributed by atoms with Crippen molar-refractivity contribution in [2.45, 2.75) is 44.5 Å². The van der Waals surface area contributed by atoms with Crippen LogP contribution in [0.4, 0.5) is 26.3 Å². The molecule has 3 atom stereocenters. The number of carboxylic acid groups (broad SMARTS) is 3. The number of benzene rings is 3. The fraction of sp³-hybridized carbons (Fsp3) is 0.333. The number of halogens is 10. The molecule has 1 heterocycles. The van der Waals surface area contributed by atoms with Gasteiger partial charge in [0.25, 0.3) is 0 Å². The summed E-state index contributed by atoms with van der Waals surface area (Å²) in [7, 11) is -3.71. The second kappa shape index (κ2) is 26.0. The average molecular weight is 1050 g/mol. The highest BCUT2D eigenvalue weighted by Crippen LogP contribution is 2.37. The third kappa shape index (κ3) is 20.3. The largest absolute Gasteiger partial charge is 0.778 e. The maximum atomic E-state index is 14.1. The lowest BCUT2D eigenvalue weighted by atomic mass is 10.1. The van der Waals surface area contributed by atoms with Gasteiger partial charge in [0.1, 0.15) is 36.0 Å². The molecular weight excluding hydrogens is 1020 g/mol. The maximum Gasteiger partial charge on any atom is 0.416 e. The van der Waals surface area contributed by atoms with E-state index in [0.717, 1.165) is 44.2 Å². The Labute approximate surface area is 387 Å². The minimum absolute atomic E-state index is 0.0246. The monoisotopic (exact) mass is 1050 g/mol. The number of nitrogens with one attached hydrogen (secondary N) is 1. The van der Waals surface area contributed by atoms with Gasteiger partial charge in [-0.05, 0) is 78.8 Å². The number of rotatable bonds is 14. The molecular formula is C36H37Cl4F6N4O13PS. The molecule has 5 N–H and O–H groups in total. The first-order valence-electron chi connectivity index (χ1n) is 17.3. The minimum Gasteiger partial charge on any atom is -0.778 e. The zero-order valence-electron chi connectivity index (χ0n) is 33.9. The highest BCUT2D eigenvalue weighted by Gasteiger charge is 2.31. The quantitative estimate of drug-likeness (QED) is 0.0284. The second-order valence-electron chi connectivity index (χ2n) is 12.9. The molecule has 29 heteroatoms. The van der Waals surface area contributed by atoms with Gasteiger partial charge in [0.15, 0.2) is 11.9 Å².